The lowest BCUT2D eigenvalue weighted by Crippen LogP contribution is -2.00. The Morgan fingerprint density at radius 1 is 1.12 bits per heavy atom. The molecule has 1 N–H and O–H groups in total. The van der Waals surface area contributed by atoms with E-state index in [0.29, 0.717) is 0 Å². The van der Waals surface area contributed by atoms with Crippen LogP contribution < -0.4 is 5.32 Å². The van der Waals surface area contributed by atoms with Crippen molar-refractivity contribution in [2.45, 2.75) is 13.1 Å². The number of halogens is 1. The Labute approximate surface area is 102 Å². The third-order valence-corrected chi connectivity index (χ3v) is 3.36. The molecule has 2 heterocycles. The molecule has 0 unspecified atom stereocenters. The number of nitrogens with one attached hydrogen (secondary N) is 1. The summed E-state index contributed by atoms with van der Waals surface area (Å²) in [5, 5.41) is 3.24. The molecule has 0 saturated heterocycles. The van der Waals surface area contributed by atoms with Gasteiger partial charge >= 0.3 is 0 Å². The lowest BCUT2D eigenvalue weighted by Gasteiger charge is -2.04. The van der Waals surface area contributed by atoms with Crippen molar-refractivity contribution >= 4 is 15.9 Å². The van der Waals surface area contributed by atoms with Gasteiger partial charge in [0, 0.05) is 23.1 Å². The summed E-state index contributed by atoms with van der Waals surface area (Å²) in [4.78, 5) is 9.06. The molecular formula is C12H10BrN3. The molecule has 0 amide bonds. The van der Waals surface area contributed by atoms with Crippen LogP contribution >= 0.6 is 15.9 Å². The second-order valence-electron chi connectivity index (χ2n) is 3.73. The van der Waals surface area contributed by atoms with Gasteiger partial charge in [0.2, 0.25) is 0 Å². The van der Waals surface area contributed by atoms with Crippen LogP contribution in [0.5, 0.6) is 0 Å². The smallest absolute Gasteiger partial charge is 0.0900 e. The minimum absolute atomic E-state index is 0.820. The van der Waals surface area contributed by atoms with Crippen LogP contribution in [0.15, 0.2) is 34.9 Å². The number of fused-ring (bicyclic) bond motifs is 1. The second-order valence-corrected chi connectivity index (χ2v) is 4.59. The molecule has 0 spiro atoms. The molecule has 80 valence electrons. The van der Waals surface area contributed by atoms with Crippen LogP contribution in [0.3, 0.4) is 0 Å². The summed E-state index contributed by atoms with van der Waals surface area (Å²) >= 11 is 3.53. The number of nitrogens with zero attached hydrogens (tertiary/aromatic N) is 2. The Morgan fingerprint density at radius 3 is 2.81 bits per heavy atom. The van der Waals surface area contributed by atoms with Crippen molar-refractivity contribution in [1.29, 1.82) is 0 Å². The fourth-order valence-electron chi connectivity index (χ4n) is 1.84. The monoisotopic (exact) mass is 275 g/mol. The average Bonchev–Trinajstić information content (AvgIpc) is 2.76. The SMILES string of the molecule is Brc1ccccc1-c1cnc2c(n1)CNC2. The van der Waals surface area contributed by atoms with Crippen molar-refractivity contribution in [2.24, 2.45) is 0 Å². The summed E-state index contributed by atoms with van der Waals surface area (Å²) in [6.45, 7) is 1.65. The quantitative estimate of drug-likeness (QED) is 0.869. The van der Waals surface area contributed by atoms with Crippen molar-refractivity contribution < 1.29 is 0 Å². The maximum absolute atomic E-state index is 4.63. The Kier molecular flexibility index (Phi) is 2.46. The average molecular weight is 276 g/mol. The Hall–Kier alpha value is -1.26. The van der Waals surface area contributed by atoms with Gasteiger partial charge in [-0.15, -0.1) is 0 Å². The van der Waals surface area contributed by atoms with Crippen molar-refractivity contribution in [2.75, 3.05) is 0 Å². The minimum atomic E-state index is 0.820. The molecule has 4 heteroatoms. The molecule has 0 fully saturated rings. The van der Waals surface area contributed by atoms with E-state index in [1.807, 2.05) is 30.5 Å². The van der Waals surface area contributed by atoms with Gasteiger partial charge in [-0.25, -0.2) is 4.98 Å². The fraction of sp³-hybridized carbons (Fsp3) is 0.167. The van der Waals surface area contributed by atoms with E-state index in [9.17, 15) is 0 Å². The van der Waals surface area contributed by atoms with Crippen LogP contribution in [-0.4, -0.2) is 9.97 Å². The topological polar surface area (TPSA) is 37.8 Å². The van der Waals surface area contributed by atoms with Gasteiger partial charge in [0.05, 0.1) is 23.3 Å². The zero-order valence-electron chi connectivity index (χ0n) is 8.57. The third kappa shape index (κ3) is 1.64. The van der Waals surface area contributed by atoms with E-state index in [2.05, 4.69) is 31.2 Å². The first-order chi connectivity index (χ1) is 7.84. The van der Waals surface area contributed by atoms with E-state index in [1.165, 1.54) is 0 Å². The van der Waals surface area contributed by atoms with Crippen molar-refractivity contribution in [3.8, 4) is 11.3 Å². The number of aromatic nitrogens is 2. The van der Waals surface area contributed by atoms with Crippen LogP contribution in [0.4, 0.5) is 0 Å². The van der Waals surface area contributed by atoms with Crippen LogP contribution in [0.25, 0.3) is 11.3 Å². The molecule has 3 nitrogen and oxygen atoms in total. The summed E-state index contributed by atoms with van der Waals surface area (Å²) in [6, 6.07) is 8.06. The van der Waals surface area contributed by atoms with Crippen LogP contribution in [-0.2, 0) is 13.1 Å². The van der Waals surface area contributed by atoms with Crippen LogP contribution in [0.1, 0.15) is 11.4 Å². The predicted molar refractivity (Wildman–Crippen MR) is 65.7 cm³/mol. The third-order valence-electron chi connectivity index (χ3n) is 2.67. The Bertz CT molecular complexity index is 540. The normalized spacial score (nSPS) is 13.8. The van der Waals surface area contributed by atoms with Gasteiger partial charge < -0.3 is 5.32 Å². The van der Waals surface area contributed by atoms with Gasteiger partial charge in [0.15, 0.2) is 0 Å². The van der Waals surface area contributed by atoms with E-state index in [1.54, 1.807) is 0 Å². The second kappa shape index (κ2) is 3.96. The van der Waals surface area contributed by atoms with Crippen molar-refractivity contribution in [3.63, 3.8) is 0 Å². The van der Waals surface area contributed by atoms with Crippen LogP contribution in [0, 0.1) is 0 Å². The van der Waals surface area contributed by atoms with Gasteiger partial charge in [-0.1, -0.05) is 34.1 Å². The van der Waals surface area contributed by atoms with E-state index < -0.39 is 0 Å². The van der Waals surface area contributed by atoms with Gasteiger partial charge in [-0.2, -0.15) is 0 Å². The van der Waals surface area contributed by atoms with Crippen LogP contribution in [0.2, 0.25) is 0 Å². The molecule has 0 radical (unpaired) electrons. The number of hydrogen-bond acceptors (Lipinski definition) is 3. The Balaban J connectivity index is 2.11. The highest BCUT2D eigenvalue weighted by Crippen LogP contribution is 2.26. The van der Waals surface area contributed by atoms with Crippen molar-refractivity contribution in [3.05, 3.63) is 46.3 Å². The molecule has 0 aliphatic carbocycles. The summed E-state index contributed by atoms with van der Waals surface area (Å²) in [5.41, 5.74) is 4.14. The van der Waals surface area contributed by atoms with E-state index in [4.69, 9.17) is 0 Å². The zero-order valence-corrected chi connectivity index (χ0v) is 10.2. The predicted octanol–water partition coefficient (Wildman–Crippen LogP) is 2.51. The summed E-state index contributed by atoms with van der Waals surface area (Å²) < 4.78 is 1.05. The Morgan fingerprint density at radius 2 is 1.94 bits per heavy atom. The molecule has 2 aromatic rings. The minimum Gasteiger partial charge on any atom is -0.305 e. The highest BCUT2D eigenvalue weighted by atomic mass is 79.9. The molecule has 1 aliphatic heterocycles. The zero-order chi connectivity index (χ0) is 11.0. The molecule has 0 saturated carbocycles. The first kappa shape index (κ1) is 9.93. The maximum Gasteiger partial charge on any atom is 0.0900 e. The summed E-state index contributed by atoms with van der Waals surface area (Å²) in [5.74, 6) is 0. The highest BCUT2D eigenvalue weighted by molar-refractivity contribution is 9.10. The first-order valence-corrected chi connectivity index (χ1v) is 5.94. The standard InChI is InChI=1S/C12H10BrN3/c13-9-4-2-1-3-8(9)10-7-15-11-5-14-6-12(11)16-10/h1-4,7,14H,5-6H2. The largest absolute Gasteiger partial charge is 0.305 e. The van der Waals surface area contributed by atoms with Gasteiger partial charge in [-0.3, -0.25) is 4.98 Å². The number of benzene rings is 1. The van der Waals surface area contributed by atoms with E-state index >= 15 is 0 Å². The molecule has 16 heavy (non-hydrogen) atoms. The molecule has 1 aromatic carbocycles. The maximum atomic E-state index is 4.63. The lowest BCUT2D eigenvalue weighted by atomic mass is 10.1. The summed E-state index contributed by atoms with van der Waals surface area (Å²) in [7, 11) is 0. The van der Waals surface area contributed by atoms with Gasteiger partial charge in [-0.05, 0) is 6.07 Å². The first-order valence-electron chi connectivity index (χ1n) is 5.15. The summed E-state index contributed by atoms with van der Waals surface area (Å²) in [6.07, 6.45) is 1.84. The molecule has 3 rings (SSSR count). The number of hydrogen-bond donors (Lipinski definition) is 1. The van der Waals surface area contributed by atoms with E-state index in [-0.39, 0.29) is 0 Å². The van der Waals surface area contributed by atoms with E-state index in [0.717, 1.165) is 40.2 Å². The highest BCUT2D eigenvalue weighted by Gasteiger charge is 2.14. The van der Waals surface area contributed by atoms with Gasteiger partial charge in [0.1, 0.15) is 0 Å². The molecular weight excluding hydrogens is 266 g/mol. The molecule has 1 aromatic heterocycles. The number of rotatable bonds is 1. The molecule has 0 atom stereocenters. The molecule has 0 bridgehead atoms. The molecule has 1 aliphatic rings. The van der Waals surface area contributed by atoms with Crippen molar-refractivity contribution in [1.82, 2.24) is 15.3 Å². The van der Waals surface area contributed by atoms with Gasteiger partial charge in [0.25, 0.3) is 0 Å². The lowest BCUT2D eigenvalue weighted by molar-refractivity contribution is 0.753. The fourth-order valence-corrected chi connectivity index (χ4v) is 2.33.